The Morgan fingerprint density at radius 3 is 2.07 bits per heavy atom. The van der Waals surface area contributed by atoms with Crippen LogP contribution in [0.25, 0.3) is 0 Å². The first-order valence-corrected chi connectivity index (χ1v) is 5.31. The fourth-order valence-electron chi connectivity index (χ4n) is 1.83. The number of ketones is 1. The summed E-state index contributed by atoms with van der Waals surface area (Å²) < 4.78 is 0. The maximum Gasteiger partial charge on any atom is 0.146 e. The second-order valence-electron chi connectivity index (χ2n) is 4.23. The van der Waals surface area contributed by atoms with Crippen molar-refractivity contribution in [2.24, 2.45) is 0 Å². The molecule has 0 radical (unpaired) electrons. The summed E-state index contributed by atoms with van der Waals surface area (Å²) >= 11 is 0. The molecule has 0 N–H and O–H groups in total. The lowest BCUT2D eigenvalue weighted by atomic mass is 10.1. The Balaban J connectivity index is 4.31. The topological polar surface area (TPSA) is 23.6 Å². The average molecular weight is 200 g/mol. The van der Waals surface area contributed by atoms with Crippen LogP contribution >= 0.6 is 0 Å². The first-order valence-electron chi connectivity index (χ1n) is 5.31. The van der Waals surface area contributed by atoms with E-state index in [2.05, 4.69) is 37.7 Å². The van der Waals surface area contributed by atoms with E-state index in [1.165, 1.54) is 0 Å². The Bertz CT molecular complexity index is 180. The molecule has 0 aliphatic carbocycles. The van der Waals surface area contributed by atoms with Gasteiger partial charge >= 0.3 is 0 Å². The Kier molecular flexibility index (Phi) is 5.96. The van der Waals surface area contributed by atoms with Crippen LogP contribution < -0.4 is 0 Å². The van der Waals surface area contributed by atoms with Gasteiger partial charge in [-0.1, -0.05) is 6.92 Å². The predicted molar refractivity (Wildman–Crippen MR) is 60.5 cm³/mol. The highest BCUT2D eigenvalue weighted by molar-refractivity contribution is 5.80. The summed E-state index contributed by atoms with van der Waals surface area (Å²) in [6.07, 6.45) is 0. The Hall–Kier alpha value is -0.410. The maximum absolute atomic E-state index is 11.3. The molecule has 3 heteroatoms. The summed E-state index contributed by atoms with van der Waals surface area (Å²) in [5, 5.41) is 0. The molecule has 0 amide bonds. The second-order valence-corrected chi connectivity index (χ2v) is 4.23. The van der Waals surface area contributed by atoms with Crippen molar-refractivity contribution in [1.82, 2.24) is 9.80 Å². The summed E-state index contributed by atoms with van der Waals surface area (Å²) in [6.45, 7) is 9.84. The zero-order valence-corrected chi connectivity index (χ0v) is 10.4. The summed E-state index contributed by atoms with van der Waals surface area (Å²) in [4.78, 5) is 15.7. The van der Waals surface area contributed by atoms with Crippen molar-refractivity contribution in [3.63, 3.8) is 0 Å². The van der Waals surface area contributed by atoms with Gasteiger partial charge in [-0.25, -0.2) is 0 Å². The smallest absolute Gasteiger partial charge is 0.146 e. The molecule has 0 aromatic rings. The number of likely N-dealkylation sites (N-methyl/N-ethyl adjacent to an activating group) is 2. The van der Waals surface area contributed by atoms with Crippen LogP contribution in [-0.4, -0.2) is 54.9 Å². The number of rotatable bonds is 6. The van der Waals surface area contributed by atoms with Crippen LogP contribution in [0.1, 0.15) is 27.7 Å². The molecular weight excluding hydrogens is 176 g/mol. The highest BCUT2D eigenvalue weighted by Gasteiger charge is 2.21. The van der Waals surface area contributed by atoms with Crippen LogP contribution in [0.5, 0.6) is 0 Å². The summed E-state index contributed by atoms with van der Waals surface area (Å²) in [5.74, 6) is 0.248. The Morgan fingerprint density at radius 2 is 1.79 bits per heavy atom. The number of carbonyl (C=O) groups is 1. The quantitative estimate of drug-likeness (QED) is 0.644. The molecule has 3 nitrogen and oxygen atoms in total. The van der Waals surface area contributed by atoms with Gasteiger partial charge in [0.25, 0.3) is 0 Å². The molecule has 0 aliphatic heterocycles. The standard InChI is InChI=1S/C11H24N2O/c1-7-13(10(3)11(4)14)9(2)8-12(5)6/h9-10H,7-8H2,1-6H3. The highest BCUT2D eigenvalue weighted by atomic mass is 16.1. The first-order chi connectivity index (χ1) is 6.40. The molecule has 0 aromatic carbocycles. The lowest BCUT2D eigenvalue weighted by molar-refractivity contribution is -0.122. The SMILES string of the molecule is CCN(C(C)CN(C)C)C(C)C(C)=O. The van der Waals surface area contributed by atoms with E-state index >= 15 is 0 Å². The zero-order chi connectivity index (χ0) is 11.3. The minimum absolute atomic E-state index is 0.0370. The van der Waals surface area contributed by atoms with Crippen molar-refractivity contribution in [2.75, 3.05) is 27.2 Å². The lowest BCUT2D eigenvalue weighted by Crippen LogP contribution is -2.47. The number of Topliss-reactive ketones (excluding diaryl/α,β-unsaturated/α-hetero) is 1. The largest absolute Gasteiger partial charge is 0.308 e. The molecule has 0 aromatic heterocycles. The van der Waals surface area contributed by atoms with E-state index in [9.17, 15) is 4.79 Å². The van der Waals surface area contributed by atoms with Gasteiger partial charge in [0, 0.05) is 12.6 Å². The molecule has 2 atom stereocenters. The van der Waals surface area contributed by atoms with Gasteiger partial charge in [-0.2, -0.15) is 0 Å². The van der Waals surface area contributed by atoms with Gasteiger partial charge in [-0.3, -0.25) is 9.69 Å². The molecule has 0 spiro atoms. The third kappa shape index (κ3) is 4.20. The van der Waals surface area contributed by atoms with Crippen molar-refractivity contribution in [3.8, 4) is 0 Å². The van der Waals surface area contributed by atoms with Crippen LogP contribution in [0.3, 0.4) is 0 Å². The van der Waals surface area contributed by atoms with E-state index in [1.807, 2.05) is 6.92 Å². The minimum Gasteiger partial charge on any atom is -0.308 e. The van der Waals surface area contributed by atoms with Gasteiger partial charge in [-0.05, 0) is 41.4 Å². The van der Waals surface area contributed by atoms with E-state index < -0.39 is 0 Å². The van der Waals surface area contributed by atoms with E-state index in [4.69, 9.17) is 0 Å². The van der Waals surface area contributed by atoms with Gasteiger partial charge in [0.2, 0.25) is 0 Å². The van der Waals surface area contributed by atoms with Crippen LogP contribution in [-0.2, 0) is 4.79 Å². The molecule has 0 bridgehead atoms. The van der Waals surface area contributed by atoms with Gasteiger partial charge in [0.05, 0.1) is 6.04 Å². The molecule has 0 heterocycles. The summed E-state index contributed by atoms with van der Waals surface area (Å²) in [6, 6.07) is 0.462. The van der Waals surface area contributed by atoms with Crippen molar-refractivity contribution in [3.05, 3.63) is 0 Å². The van der Waals surface area contributed by atoms with E-state index in [1.54, 1.807) is 6.92 Å². The van der Waals surface area contributed by atoms with Crippen molar-refractivity contribution < 1.29 is 4.79 Å². The molecule has 84 valence electrons. The Labute approximate surface area is 88.1 Å². The minimum atomic E-state index is 0.0370. The molecule has 0 aliphatic rings. The van der Waals surface area contributed by atoms with Crippen LogP contribution in [0.4, 0.5) is 0 Å². The molecule has 0 rings (SSSR count). The summed E-state index contributed by atoms with van der Waals surface area (Å²) in [5.41, 5.74) is 0. The van der Waals surface area contributed by atoms with Gasteiger partial charge in [-0.15, -0.1) is 0 Å². The van der Waals surface area contributed by atoms with Crippen LogP contribution in [0.2, 0.25) is 0 Å². The highest BCUT2D eigenvalue weighted by Crippen LogP contribution is 2.07. The Morgan fingerprint density at radius 1 is 1.29 bits per heavy atom. The van der Waals surface area contributed by atoms with E-state index in [-0.39, 0.29) is 11.8 Å². The third-order valence-corrected chi connectivity index (χ3v) is 2.65. The number of carbonyl (C=O) groups excluding carboxylic acids is 1. The monoisotopic (exact) mass is 200 g/mol. The fraction of sp³-hybridized carbons (Fsp3) is 0.909. The number of nitrogens with zero attached hydrogens (tertiary/aromatic N) is 2. The first kappa shape index (κ1) is 13.6. The second kappa shape index (κ2) is 6.14. The number of hydrogen-bond acceptors (Lipinski definition) is 3. The zero-order valence-electron chi connectivity index (χ0n) is 10.4. The van der Waals surface area contributed by atoms with E-state index in [0.717, 1.165) is 13.1 Å². The molecular formula is C11H24N2O. The van der Waals surface area contributed by atoms with Gasteiger partial charge in [0.1, 0.15) is 5.78 Å². The average Bonchev–Trinajstić information content (AvgIpc) is 2.03. The van der Waals surface area contributed by atoms with Crippen molar-refractivity contribution in [2.45, 2.75) is 39.8 Å². The van der Waals surface area contributed by atoms with Crippen LogP contribution in [0.15, 0.2) is 0 Å². The predicted octanol–water partition coefficient (Wildman–Crippen LogP) is 1.24. The summed E-state index contributed by atoms with van der Waals surface area (Å²) in [7, 11) is 4.12. The number of hydrogen-bond donors (Lipinski definition) is 0. The van der Waals surface area contributed by atoms with Crippen molar-refractivity contribution in [1.29, 1.82) is 0 Å². The van der Waals surface area contributed by atoms with E-state index in [0.29, 0.717) is 6.04 Å². The normalized spacial score (nSPS) is 16.0. The van der Waals surface area contributed by atoms with Gasteiger partial charge in [0.15, 0.2) is 0 Å². The lowest BCUT2D eigenvalue weighted by Gasteiger charge is -2.33. The molecule has 0 saturated heterocycles. The third-order valence-electron chi connectivity index (χ3n) is 2.65. The fourth-order valence-corrected chi connectivity index (χ4v) is 1.83. The molecule has 14 heavy (non-hydrogen) atoms. The van der Waals surface area contributed by atoms with Gasteiger partial charge < -0.3 is 4.90 Å². The molecule has 2 unspecified atom stereocenters. The molecule has 0 saturated carbocycles. The molecule has 0 fully saturated rings. The maximum atomic E-state index is 11.3. The van der Waals surface area contributed by atoms with Crippen LogP contribution in [0, 0.1) is 0 Å². The van der Waals surface area contributed by atoms with Crippen molar-refractivity contribution >= 4 is 5.78 Å².